The van der Waals surface area contributed by atoms with Gasteiger partial charge in [0.25, 0.3) is 5.91 Å². The highest BCUT2D eigenvalue weighted by atomic mass is 16.5. The third-order valence-corrected chi connectivity index (χ3v) is 7.67. The zero-order chi connectivity index (χ0) is 23.4. The molecule has 0 N–H and O–H groups in total. The van der Waals surface area contributed by atoms with E-state index in [1.165, 1.54) is 0 Å². The number of methoxy groups -OCH3 is 1. The Labute approximate surface area is 197 Å². The van der Waals surface area contributed by atoms with Crippen molar-refractivity contribution in [3.8, 4) is 6.07 Å². The van der Waals surface area contributed by atoms with Crippen LogP contribution in [0.2, 0.25) is 0 Å². The molecule has 1 aromatic heterocycles. The summed E-state index contributed by atoms with van der Waals surface area (Å²) in [5.74, 6) is 0.285. The Bertz CT molecular complexity index is 1350. The van der Waals surface area contributed by atoms with Crippen LogP contribution < -0.4 is 0 Å². The molecule has 34 heavy (non-hydrogen) atoms. The number of hydrogen-bond donors (Lipinski definition) is 0. The van der Waals surface area contributed by atoms with Crippen molar-refractivity contribution in [2.75, 3.05) is 20.2 Å². The lowest BCUT2D eigenvalue weighted by atomic mass is 9.90. The van der Waals surface area contributed by atoms with Crippen molar-refractivity contribution in [2.45, 2.75) is 43.4 Å². The van der Waals surface area contributed by atoms with Gasteiger partial charge in [-0.2, -0.15) is 5.26 Å². The molecule has 6 rings (SSSR count). The fourth-order valence-electron chi connectivity index (χ4n) is 5.85. The maximum atomic E-state index is 13.7. The summed E-state index contributed by atoms with van der Waals surface area (Å²) >= 11 is 0. The average molecular weight is 456 g/mol. The first-order valence-electron chi connectivity index (χ1n) is 11.7. The molecule has 3 fully saturated rings. The maximum Gasteiger partial charge on any atom is 0.290 e. The number of nitriles is 1. The predicted octanol–water partition coefficient (Wildman–Crippen LogP) is 3.61. The van der Waals surface area contributed by atoms with E-state index in [0.717, 1.165) is 35.8 Å². The van der Waals surface area contributed by atoms with Crippen LogP contribution in [0.5, 0.6) is 0 Å². The van der Waals surface area contributed by atoms with Gasteiger partial charge in [0, 0.05) is 31.1 Å². The lowest BCUT2D eigenvalue weighted by Crippen LogP contribution is -2.53. The summed E-state index contributed by atoms with van der Waals surface area (Å²) in [5.41, 5.74) is 2.26. The van der Waals surface area contributed by atoms with Gasteiger partial charge in [-0.05, 0) is 37.0 Å². The summed E-state index contributed by atoms with van der Waals surface area (Å²) in [4.78, 5) is 31.0. The molecule has 0 unspecified atom stereocenters. The minimum absolute atomic E-state index is 0.0107. The molecule has 1 saturated carbocycles. The largest absolute Gasteiger partial charge is 0.451 e. The van der Waals surface area contributed by atoms with Crippen LogP contribution >= 0.6 is 0 Å². The van der Waals surface area contributed by atoms with Crippen molar-refractivity contribution in [3.63, 3.8) is 0 Å². The summed E-state index contributed by atoms with van der Waals surface area (Å²) in [6, 6.07) is 17.2. The monoisotopic (exact) mass is 455 g/mol. The minimum Gasteiger partial charge on any atom is -0.451 e. The molecule has 2 amide bonds. The number of furan rings is 1. The van der Waals surface area contributed by atoms with E-state index >= 15 is 0 Å². The molecule has 172 valence electrons. The van der Waals surface area contributed by atoms with Gasteiger partial charge in [-0.1, -0.05) is 36.4 Å². The number of rotatable bonds is 5. The Morgan fingerprint density at radius 1 is 1.09 bits per heavy atom. The van der Waals surface area contributed by atoms with Crippen LogP contribution in [0.4, 0.5) is 0 Å². The van der Waals surface area contributed by atoms with E-state index in [9.17, 15) is 14.9 Å². The molecule has 3 heterocycles. The van der Waals surface area contributed by atoms with Crippen molar-refractivity contribution in [1.29, 1.82) is 5.26 Å². The first-order chi connectivity index (χ1) is 16.6. The van der Waals surface area contributed by atoms with Crippen LogP contribution in [0.3, 0.4) is 0 Å². The number of benzene rings is 2. The second-order valence-electron chi connectivity index (χ2n) is 9.54. The summed E-state index contributed by atoms with van der Waals surface area (Å²) in [6.07, 6.45) is 2.30. The van der Waals surface area contributed by atoms with Gasteiger partial charge < -0.3 is 19.0 Å². The van der Waals surface area contributed by atoms with E-state index in [1.807, 2.05) is 52.3 Å². The molecule has 2 atom stereocenters. The Kier molecular flexibility index (Phi) is 4.75. The van der Waals surface area contributed by atoms with Gasteiger partial charge in [-0.15, -0.1) is 0 Å². The Morgan fingerprint density at radius 3 is 2.50 bits per heavy atom. The van der Waals surface area contributed by atoms with Gasteiger partial charge in [0.1, 0.15) is 5.58 Å². The van der Waals surface area contributed by atoms with Crippen molar-refractivity contribution in [1.82, 2.24) is 9.80 Å². The highest BCUT2D eigenvalue weighted by Gasteiger charge is 2.58. The standard InChI is InChI=1S/C27H25N3O4/c1-33-16-21-20-7-3-5-9-23(20)34-24(21)25(31)29-14-19-12-18(29)15-30(19)26(32)27(10-11-27)22-8-4-2-6-17(22)13-28/h2-9,18-19H,10-12,14-16H2,1H3/t18-,19-/m0/s1. The van der Waals surface area contributed by atoms with Crippen molar-refractivity contribution >= 4 is 22.8 Å². The van der Waals surface area contributed by atoms with Crippen molar-refractivity contribution < 1.29 is 18.7 Å². The number of hydrogen-bond acceptors (Lipinski definition) is 5. The van der Waals surface area contributed by atoms with Crippen LogP contribution in [0.15, 0.2) is 52.9 Å². The van der Waals surface area contributed by atoms with Gasteiger partial charge in [0.2, 0.25) is 5.91 Å². The maximum absolute atomic E-state index is 13.7. The molecule has 7 heteroatoms. The number of para-hydroxylation sites is 1. The number of nitrogens with zero attached hydrogens (tertiary/aromatic N) is 3. The number of fused-ring (bicyclic) bond motifs is 3. The number of piperazine rings is 1. The van der Waals surface area contributed by atoms with E-state index in [2.05, 4.69) is 6.07 Å². The number of likely N-dealkylation sites (tertiary alicyclic amines) is 2. The van der Waals surface area contributed by atoms with Gasteiger partial charge in [-0.25, -0.2) is 0 Å². The number of carbonyl (C=O) groups excluding carboxylic acids is 2. The third kappa shape index (κ3) is 2.99. The van der Waals surface area contributed by atoms with E-state index in [0.29, 0.717) is 36.6 Å². The fourth-order valence-corrected chi connectivity index (χ4v) is 5.85. The molecule has 3 aliphatic rings. The lowest BCUT2D eigenvalue weighted by Gasteiger charge is -2.36. The molecular weight excluding hydrogens is 430 g/mol. The second-order valence-corrected chi connectivity index (χ2v) is 9.54. The van der Waals surface area contributed by atoms with Gasteiger partial charge in [-0.3, -0.25) is 9.59 Å². The summed E-state index contributed by atoms with van der Waals surface area (Å²) in [7, 11) is 1.61. The van der Waals surface area contributed by atoms with Crippen LogP contribution in [0.25, 0.3) is 11.0 Å². The second kappa shape index (κ2) is 7.71. The van der Waals surface area contributed by atoms with E-state index in [4.69, 9.17) is 9.15 Å². The molecule has 2 bridgehead atoms. The Morgan fingerprint density at radius 2 is 1.79 bits per heavy atom. The van der Waals surface area contributed by atoms with Crippen LogP contribution in [0.1, 0.15) is 46.5 Å². The topological polar surface area (TPSA) is 86.8 Å². The average Bonchev–Trinajstić information content (AvgIpc) is 3.23. The fraction of sp³-hybridized carbons (Fsp3) is 0.370. The first-order valence-corrected chi connectivity index (χ1v) is 11.7. The van der Waals surface area contributed by atoms with Gasteiger partial charge in [0.05, 0.1) is 35.7 Å². The lowest BCUT2D eigenvalue weighted by molar-refractivity contribution is -0.136. The van der Waals surface area contributed by atoms with E-state index in [-0.39, 0.29) is 23.9 Å². The third-order valence-electron chi connectivity index (χ3n) is 7.67. The molecular formula is C27H25N3O4. The van der Waals surface area contributed by atoms with E-state index < -0.39 is 5.41 Å². The molecule has 0 spiro atoms. The molecule has 7 nitrogen and oxygen atoms in total. The SMILES string of the molecule is COCc1c(C(=O)N2C[C@@H]3C[C@H]2CN3C(=O)C2(c3ccccc3C#N)CC2)oc2ccccc12. The first kappa shape index (κ1) is 20.9. The Balaban J connectivity index is 1.24. The molecule has 2 saturated heterocycles. The van der Waals surface area contributed by atoms with Gasteiger partial charge in [0.15, 0.2) is 5.76 Å². The quantitative estimate of drug-likeness (QED) is 0.587. The summed E-state index contributed by atoms with van der Waals surface area (Å²) in [5, 5.41) is 10.4. The summed E-state index contributed by atoms with van der Waals surface area (Å²) < 4.78 is 11.3. The molecule has 0 radical (unpaired) electrons. The van der Waals surface area contributed by atoms with Gasteiger partial charge >= 0.3 is 0 Å². The summed E-state index contributed by atoms with van der Waals surface area (Å²) in [6.45, 7) is 1.31. The molecule has 1 aliphatic carbocycles. The van der Waals surface area contributed by atoms with Crippen molar-refractivity contribution in [3.05, 3.63) is 71.0 Å². The minimum atomic E-state index is -0.587. The highest BCUT2D eigenvalue weighted by Crippen LogP contribution is 2.52. The van der Waals surface area contributed by atoms with E-state index in [1.54, 1.807) is 13.2 Å². The van der Waals surface area contributed by atoms with Crippen LogP contribution in [0, 0.1) is 11.3 Å². The van der Waals surface area contributed by atoms with Crippen molar-refractivity contribution in [2.24, 2.45) is 0 Å². The predicted molar refractivity (Wildman–Crippen MR) is 124 cm³/mol. The number of ether oxygens (including phenoxy) is 1. The van der Waals surface area contributed by atoms with Crippen LogP contribution in [-0.4, -0.2) is 53.9 Å². The van der Waals surface area contributed by atoms with Crippen LogP contribution in [-0.2, 0) is 21.6 Å². The smallest absolute Gasteiger partial charge is 0.290 e. The number of amides is 2. The normalized spacial score (nSPS) is 22.2. The molecule has 3 aromatic rings. The zero-order valence-corrected chi connectivity index (χ0v) is 19.0. The highest BCUT2D eigenvalue weighted by molar-refractivity contribution is 6.00. The molecule has 2 aromatic carbocycles. The molecule has 2 aliphatic heterocycles. The zero-order valence-electron chi connectivity index (χ0n) is 19.0. The number of carbonyl (C=O) groups is 2. The Hall–Kier alpha value is -3.63.